The van der Waals surface area contributed by atoms with Crippen LogP contribution in [-0.4, -0.2) is 23.0 Å². The van der Waals surface area contributed by atoms with Crippen molar-refractivity contribution >= 4 is 11.8 Å². The number of benzene rings is 2. The lowest BCUT2D eigenvalue weighted by molar-refractivity contribution is 0.297. The van der Waals surface area contributed by atoms with E-state index >= 15 is 0 Å². The van der Waals surface area contributed by atoms with E-state index in [1.54, 1.807) is 11.8 Å². The lowest BCUT2D eigenvalue weighted by Gasteiger charge is -2.09. The van der Waals surface area contributed by atoms with Gasteiger partial charge in [0.1, 0.15) is 0 Å². The summed E-state index contributed by atoms with van der Waals surface area (Å²) in [6.45, 7) is 5.54. The van der Waals surface area contributed by atoms with Crippen LogP contribution in [0.15, 0.2) is 53.4 Å². The number of nitrogens with zero attached hydrogens (tertiary/aromatic N) is 2. The Bertz CT molecular complexity index is 903. The monoisotopic (exact) mass is 366 g/mol. The van der Waals surface area contributed by atoms with Crippen LogP contribution in [0.25, 0.3) is 5.69 Å². The van der Waals surface area contributed by atoms with Gasteiger partial charge in [0, 0.05) is 22.8 Å². The van der Waals surface area contributed by atoms with Crippen molar-refractivity contribution in [1.29, 1.82) is 0 Å². The molecule has 4 nitrogen and oxygen atoms in total. The standard InChI is InChI=1S/C21H22N2O2S/c1-15-12-16(2)23(22-15)18-6-4-17(5-7-18)14-26-19-8-9-20-21(13-19)25-11-3-10-24-20/h4-9,12-13H,3,10-11,14H2,1-2H3. The molecule has 0 amide bonds. The summed E-state index contributed by atoms with van der Waals surface area (Å²) >= 11 is 1.80. The number of aryl methyl sites for hydroxylation is 2. The molecule has 1 aliphatic heterocycles. The summed E-state index contributed by atoms with van der Waals surface area (Å²) in [6.07, 6.45) is 0.929. The minimum Gasteiger partial charge on any atom is -0.490 e. The molecule has 0 bridgehead atoms. The first-order chi connectivity index (χ1) is 12.7. The summed E-state index contributed by atoms with van der Waals surface area (Å²) in [4.78, 5) is 1.19. The van der Waals surface area contributed by atoms with Gasteiger partial charge in [0.05, 0.1) is 24.6 Å². The topological polar surface area (TPSA) is 36.3 Å². The van der Waals surface area contributed by atoms with Crippen LogP contribution < -0.4 is 9.47 Å². The summed E-state index contributed by atoms with van der Waals surface area (Å²) < 4.78 is 13.4. The predicted molar refractivity (Wildman–Crippen MR) is 105 cm³/mol. The van der Waals surface area contributed by atoms with Crippen LogP contribution in [0, 0.1) is 13.8 Å². The van der Waals surface area contributed by atoms with Crippen molar-refractivity contribution in [2.45, 2.75) is 30.9 Å². The average molecular weight is 366 g/mol. The fourth-order valence-electron chi connectivity index (χ4n) is 3.02. The van der Waals surface area contributed by atoms with Gasteiger partial charge in [-0.25, -0.2) is 4.68 Å². The molecule has 5 heteroatoms. The van der Waals surface area contributed by atoms with Crippen molar-refractivity contribution in [2.75, 3.05) is 13.2 Å². The zero-order valence-electron chi connectivity index (χ0n) is 15.1. The third kappa shape index (κ3) is 3.73. The summed E-state index contributed by atoms with van der Waals surface area (Å²) in [6, 6.07) is 16.9. The first-order valence-electron chi connectivity index (χ1n) is 8.84. The van der Waals surface area contributed by atoms with E-state index in [1.165, 1.54) is 10.5 Å². The van der Waals surface area contributed by atoms with Gasteiger partial charge < -0.3 is 9.47 Å². The van der Waals surface area contributed by atoms with Crippen LogP contribution in [-0.2, 0) is 5.75 Å². The van der Waals surface area contributed by atoms with Gasteiger partial charge >= 0.3 is 0 Å². The Morgan fingerprint density at radius 2 is 1.73 bits per heavy atom. The quantitative estimate of drug-likeness (QED) is 0.613. The molecular formula is C21H22N2O2S. The van der Waals surface area contributed by atoms with E-state index in [0.717, 1.165) is 54.0 Å². The highest BCUT2D eigenvalue weighted by atomic mass is 32.2. The Morgan fingerprint density at radius 1 is 0.962 bits per heavy atom. The first kappa shape index (κ1) is 17.0. The van der Waals surface area contributed by atoms with Gasteiger partial charge in [-0.15, -0.1) is 11.8 Å². The number of hydrogen-bond donors (Lipinski definition) is 0. The number of thioether (sulfide) groups is 1. The van der Waals surface area contributed by atoms with Crippen molar-refractivity contribution in [3.63, 3.8) is 0 Å². The fourth-order valence-corrected chi connectivity index (χ4v) is 3.90. The fraction of sp³-hybridized carbons (Fsp3) is 0.286. The predicted octanol–water partition coefficient (Wildman–Crippen LogP) is 4.94. The van der Waals surface area contributed by atoms with Crippen molar-refractivity contribution in [2.24, 2.45) is 0 Å². The van der Waals surface area contributed by atoms with Gasteiger partial charge in [-0.3, -0.25) is 0 Å². The van der Waals surface area contributed by atoms with Crippen LogP contribution in [0.1, 0.15) is 23.4 Å². The molecule has 26 heavy (non-hydrogen) atoms. The Hall–Kier alpha value is -2.40. The molecule has 0 saturated carbocycles. The van der Waals surface area contributed by atoms with E-state index in [1.807, 2.05) is 17.7 Å². The Balaban J connectivity index is 1.43. The van der Waals surface area contributed by atoms with Crippen molar-refractivity contribution < 1.29 is 9.47 Å². The molecule has 2 heterocycles. The minimum atomic E-state index is 0.717. The molecule has 4 rings (SSSR count). The van der Waals surface area contributed by atoms with E-state index in [-0.39, 0.29) is 0 Å². The Labute approximate surface area is 158 Å². The summed E-state index contributed by atoms with van der Waals surface area (Å²) in [5, 5.41) is 4.54. The molecule has 2 aromatic carbocycles. The van der Waals surface area contributed by atoms with Gasteiger partial charge in [-0.1, -0.05) is 12.1 Å². The third-order valence-corrected chi connectivity index (χ3v) is 5.38. The molecule has 0 unspecified atom stereocenters. The molecule has 0 fully saturated rings. The molecule has 0 saturated heterocycles. The summed E-state index contributed by atoms with van der Waals surface area (Å²) in [5.74, 6) is 2.62. The molecule has 1 aromatic heterocycles. The minimum absolute atomic E-state index is 0.717. The summed E-state index contributed by atoms with van der Waals surface area (Å²) in [5.41, 5.74) is 4.57. The van der Waals surface area contributed by atoms with Crippen molar-refractivity contribution in [1.82, 2.24) is 9.78 Å². The zero-order valence-corrected chi connectivity index (χ0v) is 15.9. The van der Waals surface area contributed by atoms with Gasteiger partial charge in [-0.05, 0) is 55.8 Å². The van der Waals surface area contributed by atoms with Crippen molar-refractivity contribution in [3.8, 4) is 17.2 Å². The number of aromatic nitrogens is 2. The van der Waals surface area contributed by atoms with Crippen LogP contribution in [0.5, 0.6) is 11.5 Å². The van der Waals surface area contributed by atoms with Crippen LogP contribution in [0.2, 0.25) is 0 Å². The number of hydrogen-bond acceptors (Lipinski definition) is 4. The van der Waals surface area contributed by atoms with E-state index in [0.29, 0.717) is 0 Å². The first-order valence-corrected chi connectivity index (χ1v) is 9.83. The number of fused-ring (bicyclic) bond motifs is 1. The second-order valence-corrected chi connectivity index (χ2v) is 7.50. The van der Waals surface area contributed by atoms with Gasteiger partial charge in [0.25, 0.3) is 0 Å². The molecule has 1 aliphatic rings. The molecule has 0 N–H and O–H groups in total. The number of rotatable bonds is 4. The largest absolute Gasteiger partial charge is 0.490 e. The maximum Gasteiger partial charge on any atom is 0.162 e. The molecule has 0 atom stereocenters. The lowest BCUT2D eigenvalue weighted by Crippen LogP contribution is -1.98. The SMILES string of the molecule is Cc1cc(C)n(-c2ccc(CSc3ccc4c(c3)OCCCO4)cc2)n1. The van der Waals surface area contributed by atoms with Crippen LogP contribution in [0.4, 0.5) is 0 Å². The Morgan fingerprint density at radius 3 is 2.46 bits per heavy atom. The van der Waals surface area contributed by atoms with Gasteiger partial charge in [-0.2, -0.15) is 5.10 Å². The highest BCUT2D eigenvalue weighted by molar-refractivity contribution is 7.98. The highest BCUT2D eigenvalue weighted by Gasteiger charge is 2.11. The second-order valence-electron chi connectivity index (χ2n) is 6.45. The maximum absolute atomic E-state index is 5.77. The van der Waals surface area contributed by atoms with Crippen LogP contribution >= 0.6 is 11.8 Å². The highest BCUT2D eigenvalue weighted by Crippen LogP contribution is 2.35. The van der Waals surface area contributed by atoms with E-state index in [2.05, 4.69) is 54.5 Å². The average Bonchev–Trinajstić information content (AvgIpc) is 2.84. The Kier molecular flexibility index (Phi) is 4.89. The maximum atomic E-state index is 5.77. The zero-order chi connectivity index (χ0) is 17.9. The third-order valence-electron chi connectivity index (χ3n) is 4.31. The van der Waals surface area contributed by atoms with Crippen molar-refractivity contribution in [3.05, 3.63) is 65.5 Å². The van der Waals surface area contributed by atoms with Crippen LogP contribution in [0.3, 0.4) is 0 Å². The molecule has 0 spiro atoms. The molecule has 134 valence electrons. The van der Waals surface area contributed by atoms with E-state index in [9.17, 15) is 0 Å². The molecule has 0 aliphatic carbocycles. The molecular weight excluding hydrogens is 344 g/mol. The smallest absolute Gasteiger partial charge is 0.162 e. The lowest BCUT2D eigenvalue weighted by atomic mass is 10.2. The summed E-state index contributed by atoms with van der Waals surface area (Å²) in [7, 11) is 0. The van der Waals surface area contributed by atoms with E-state index in [4.69, 9.17) is 9.47 Å². The van der Waals surface area contributed by atoms with E-state index < -0.39 is 0 Å². The number of ether oxygens (including phenoxy) is 2. The molecule has 0 radical (unpaired) electrons. The van der Waals surface area contributed by atoms with Gasteiger partial charge in [0.2, 0.25) is 0 Å². The van der Waals surface area contributed by atoms with Gasteiger partial charge in [0.15, 0.2) is 11.5 Å². The normalized spacial score (nSPS) is 13.5. The second kappa shape index (κ2) is 7.46. The molecule has 3 aromatic rings.